The average molecular weight is 442 g/mol. The summed E-state index contributed by atoms with van der Waals surface area (Å²) in [5, 5.41) is 6.54. The summed E-state index contributed by atoms with van der Waals surface area (Å²) in [5.74, 6) is -4.32. The van der Waals surface area contributed by atoms with Gasteiger partial charge in [0, 0.05) is 51.9 Å². The number of hydrogen-bond donors (Lipinski definition) is 1. The van der Waals surface area contributed by atoms with Gasteiger partial charge in [0.1, 0.15) is 0 Å². The van der Waals surface area contributed by atoms with Gasteiger partial charge in [0.15, 0.2) is 0 Å². The summed E-state index contributed by atoms with van der Waals surface area (Å²) in [6.07, 6.45) is -0.128. The molecule has 2 aromatic heterocycles. The maximum atomic E-state index is 13.3. The minimum Gasteiger partial charge on any atom is -0.297 e. The molecule has 2 aliphatic rings. The Morgan fingerprint density at radius 1 is 1.10 bits per heavy atom. The molecule has 0 unspecified atom stereocenters. The van der Waals surface area contributed by atoms with E-state index in [1.54, 1.807) is 16.9 Å². The minimum absolute atomic E-state index is 0.206. The first kappa shape index (κ1) is 21.5. The second kappa shape index (κ2) is 8.42. The lowest BCUT2D eigenvalue weighted by atomic mass is 10.2. The normalized spacial score (nSPS) is 19.5. The predicted octanol–water partition coefficient (Wildman–Crippen LogP) is 1.80. The fourth-order valence-corrected chi connectivity index (χ4v) is 3.84. The summed E-state index contributed by atoms with van der Waals surface area (Å²) < 4.78 is 53.0. The van der Waals surface area contributed by atoms with Crippen LogP contribution in [0.4, 0.5) is 28.0 Å². The van der Waals surface area contributed by atoms with E-state index in [4.69, 9.17) is 0 Å². The molecule has 0 saturated carbocycles. The Hall–Kier alpha value is -2.73. The van der Waals surface area contributed by atoms with Crippen molar-refractivity contribution >= 4 is 23.1 Å². The van der Waals surface area contributed by atoms with Crippen LogP contribution in [0.25, 0.3) is 5.52 Å². The van der Waals surface area contributed by atoms with E-state index in [1.807, 2.05) is 12.1 Å². The minimum atomic E-state index is -4.00. The third-order valence-electron chi connectivity index (χ3n) is 5.54. The maximum absolute atomic E-state index is 13.3. The second-order valence-electron chi connectivity index (χ2n) is 7.76. The summed E-state index contributed by atoms with van der Waals surface area (Å²) in [5.41, 5.74) is 2.23. The number of alkyl halides is 4. The van der Waals surface area contributed by atoms with Crippen LogP contribution in [-0.4, -0.2) is 83.0 Å². The third-order valence-corrected chi connectivity index (χ3v) is 5.54. The van der Waals surface area contributed by atoms with Crippen molar-refractivity contribution in [3.8, 4) is 0 Å². The van der Waals surface area contributed by atoms with Gasteiger partial charge >= 0.3 is 18.4 Å². The number of halogens is 4. The number of rotatable bonds is 6. The van der Waals surface area contributed by atoms with Gasteiger partial charge in [0.25, 0.3) is 0 Å². The molecule has 4 heterocycles. The number of aromatic nitrogens is 2. The number of piperazine rings is 1. The quantitative estimate of drug-likeness (QED) is 0.691. The summed E-state index contributed by atoms with van der Waals surface area (Å²) in [6, 6.07) is 3.28. The molecule has 0 aromatic carbocycles. The van der Waals surface area contributed by atoms with Crippen molar-refractivity contribution < 1.29 is 27.2 Å². The number of anilines is 1. The molecule has 31 heavy (non-hydrogen) atoms. The van der Waals surface area contributed by atoms with Crippen molar-refractivity contribution in [2.45, 2.75) is 25.3 Å². The number of carbonyl (C=O) groups excluding carboxylic acids is 2. The summed E-state index contributed by atoms with van der Waals surface area (Å²) >= 11 is 0. The van der Waals surface area contributed by atoms with Crippen LogP contribution in [0.1, 0.15) is 12.0 Å². The van der Waals surface area contributed by atoms with E-state index in [0.717, 1.165) is 5.56 Å². The monoisotopic (exact) mass is 442 g/mol. The largest absolute Gasteiger partial charge is 0.328 e. The van der Waals surface area contributed by atoms with E-state index in [0.29, 0.717) is 30.8 Å². The first-order valence-electron chi connectivity index (χ1n) is 9.91. The Labute approximate surface area is 175 Å². The fraction of sp³-hybridized carbons (Fsp3) is 0.526. The molecular formula is C19H22F4N6O2. The van der Waals surface area contributed by atoms with Crippen LogP contribution >= 0.6 is 0 Å². The van der Waals surface area contributed by atoms with Crippen molar-refractivity contribution in [3.63, 3.8) is 0 Å². The number of carbonyl (C=O) groups is 2. The van der Waals surface area contributed by atoms with Gasteiger partial charge in [0.05, 0.1) is 23.9 Å². The standard InChI is InChI=1S/C19H22F4N6O2/c20-17(21)19(22,23)12-27-7-5-26(6-8-27)11-13-1-4-29-14(9-13)15(10-24-29)28-3-2-16(30)25-18(28)31/h1,4,9-10,17H,2-3,5-8,11-12H2,(H,25,30,31). The van der Waals surface area contributed by atoms with E-state index in [2.05, 4.69) is 15.3 Å². The zero-order chi connectivity index (χ0) is 22.2. The number of imide groups is 1. The van der Waals surface area contributed by atoms with Crippen molar-refractivity contribution in [2.24, 2.45) is 0 Å². The zero-order valence-corrected chi connectivity index (χ0v) is 16.6. The molecule has 0 aliphatic carbocycles. The third kappa shape index (κ3) is 4.64. The fourth-order valence-electron chi connectivity index (χ4n) is 3.84. The Kier molecular flexibility index (Phi) is 5.84. The summed E-state index contributed by atoms with van der Waals surface area (Å²) in [7, 11) is 0. The lowest BCUT2D eigenvalue weighted by Gasteiger charge is -2.36. The number of amides is 3. The highest BCUT2D eigenvalue weighted by Crippen LogP contribution is 2.26. The van der Waals surface area contributed by atoms with E-state index in [-0.39, 0.29) is 32.0 Å². The Bertz CT molecular complexity index is 973. The van der Waals surface area contributed by atoms with E-state index >= 15 is 0 Å². The number of nitrogens with zero attached hydrogens (tertiary/aromatic N) is 5. The molecule has 168 valence electrons. The van der Waals surface area contributed by atoms with Gasteiger partial charge in [-0.05, 0) is 17.7 Å². The van der Waals surface area contributed by atoms with Gasteiger partial charge in [-0.15, -0.1) is 0 Å². The molecule has 0 atom stereocenters. The second-order valence-corrected chi connectivity index (χ2v) is 7.76. The van der Waals surface area contributed by atoms with Crippen LogP contribution < -0.4 is 10.2 Å². The van der Waals surface area contributed by atoms with Crippen LogP contribution in [0.2, 0.25) is 0 Å². The van der Waals surface area contributed by atoms with Gasteiger partial charge in [0.2, 0.25) is 5.91 Å². The molecule has 2 aromatic rings. The topological polar surface area (TPSA) is 73.2 Å². The molecule has 2 saturated heterocycles. The highest BCUT2D eigenvalue weighted by atomic mass is 19.3. The van der Waals surface area contributed by atoms with Crippen LogP contribution in [0.3, 0.4) is 0 Å². The molecule has 1 N–H and O–H groups in total. The number of pyridine rings is 1. The van der Waals surface area contributed by atoms with Crippen LogP contribution in [0, 0.1) is 0 Å². The van der Waals surface area contributed by atoms with Crippen LogP contribution in [-0.2, 0) is 11.3 Å². The van der Waals surface area contributed by atoms with Crippen molar-refractivity contribution in [3.05, 3.63) is 30.1 Å². The highest BCUT2D eigenvalue weighted by molar-refractivity contribution is 6.07. The zero-order valence-electron chi connectivity index (χ0n) is 16.6. The lowest BCUT2D eigenvalue weighted by molar-refractivity contribution is -0.145. The molecular weight excluding hydrogens is 420 g/mol. The van der Waals surface area contributed by atoms with Gasteiger partial charge in [-0.25, -0.2) is 18.1 Å². The molecule has 3 amide bonds. The summed E-state index contributed by atoms with van der Waals surface area (Å²) in [4.78, 5) is 28.4. The Balaban J connectivity index is 1.41. The highest BCUT2D eigenvalue weighted by Gasteiger charge is 2.42. The molecule has 12 heteroatoms. The van der Waals surface area contributed by atoms with Crippen LogP contribution in [0.15, 0.2) is 24.5 Å². The molecule has 0 bridgehead atoms. The molecule has 0 radical (unpaired) electrons. The van der Waals surface area contributed by atoms with Gasteiger partial charge in [-0.1, -0.05) is 0 Å². The molecule has 4 rings (SSSR count). The van der Waals surface area contributed by atoms with E-state index in [9.17, 15) is 27.2 Å². The smallest absolute Gasteiger partial charge is 0.297 e. The maximum Gasteiger partial charge on any atom is 0.328 e. The number of hydrogen-bond acceptors (Lipinski definition) is 5. The number of urea groups is 1. The van der Waals surface area contributed by atoms with Gasteiger partial charge in [-0.2, -0.15) is 13.9 Å². The average Bonchev–Trinajstić information content (AvgIpc) is 3.12. The molecule has 2 fully saturated rings. The predicted molar refractivity (Wildman–Crippen MR) is 103 cm³/mol. The lowest BCUT2D eigenvalue weighted by Crippen LogP contribution is -2.51. The van der Waals surface area contributed by atoms with E-state index in [1.165, 1.54) is 9.80 Å². The SMILES string of the molecule is O=C1CCN(c2cnn3ccc(CN4CCN(CC(F)(F)C(F)F)CC4)cc23)C(=O)N1. The first-order chi connectivity index (χ1) is 14.7. The van der Waals surface area contributed by atoms with Crippen LogP contribution in [0.5, 0.6) is 0 Å². The first-order valence-corrected chi connectivity index (χ1v) is 9.91. The Morgan fingerprint density at radius 3 is 2.48 bits per heavy atom. The van der Waals surface area contributed by atoms with Gasteiger partial charge < -0.3 is 0 Å². The molecule has 8 nitrogen and oxygen atoms in total. The van der Waals surface area contributed by atoms with Crippen molar-refractivity contribution in [1.82, 2.24) is 24.7 Å². The van der Waals surface area contributed by atoms with Crippen molar-refractivity contribution in [1.29, 1.82) is 0 Å². The Morgan fingerprint density at radius 2 is 1.81 bits per heavy atom. The molecule has 0 spiro atoms. The number of fused-ring (bicyclic) bond motifs is 1. The van der Waals surface area contributed by atoms with Crippen molar-refractivity contribution in [2.75, 3.05) is 44.2 Å². The van der Waals surface area contributed by atoms with Gasteiger partial charge in [-0.3, -0.25) is 24.8 Å². The molecule has 2 aliphatic heterocycles. The summed E-state index contributed by atoms with van der Waals surface area (Å²) in [6.45, 7) is 1.39. The van der Waals surface area contributed by atoms with E-state index < -0.39 is 24.9 Å². The number of nitrogens with one attached hydrogen (secondary N) is 1.